The number of carbonyl (C=O) groups is 2. The molecule has 12 heteroatoms. The summed E-state index contributed by atoms with van der Waals surface area (Å²) in [6.45, 7) is 3.32. The molecule has 0 saturated carbocycles. The van der Waals surface area contributed by atoms with Crippen LogP contribution in [0.2, 0.25) is 5.28 Å². The molecule has 2 heterocycles. The lowest BCUT2D eigenvalue weighted by Gasteiger charge is -2.17. The third-order valence-electron chi connectivity index (χ3n) is 4.19. The summed E-state index contributed by atoms with van der Waals surface area (Å²) >= 11 is 6.57. The maximum Gasteiger partial charge on any atom is 0.412 e. The topological polar surface area (TPSA) is 118 Å². The van der Waals surface area contributed by atoms with E-state index in [1.54, 1.807) is 0 Å². The third-order valence-corrected chi connectivity index (χ3v) is 5.54. The van der Waals surface area contributed by atoms with E-state index in [-0.39, 0.29) is 39.4 Å². The van der Waals surface area contributed by atoms with Gasteiger partial charge in [0.05, 0.1) is 28.2 Å². The number of nitrogens with zero attached hydrogens (tertiary/aromatic N) is 3. The molecule has 1 amide bonds. The minimum absolute atomic E-state index is 0.0870. The molecule has 0 bridgehead atoms. The molecule has 8 nitrogen and oxygen atoms in total. The van der Waals surface area contributed by atoms with Crippen molar-refractivity contribution >= 4 is 46.0 Å². The lowest BCUT2D eigenvalue weighted by Crippen LogP contribution is -2.18. The molecular weight excluding hydrogens is 488 g/mol. The van der Waals surface area contributed by atoms with E-state index in [4.69, 9.17) is 21.7 Å². The number of pyridine rings is 1. The van der Waals surface area contributed by atoms with Crippen molar-refractivity contribution in [3.8, 4) is 0 Å². The van der Waals surface area contributed by atoms with Gasteiger partial charge in [-0.3, -0.25) is 20.5 Å². The minimum Gasteiger partial charge on any atom is -0.445 e. The second-order valence-electron chi connectivity index (χ2n) is 6.51. The van der Waals surface area contributed by atoms with E-state index >= 15 is 4.39 Å². The summed E-state index contributed by atoms with van der Waals surface area (Å²) in [5.41, 5.74) is -0.441. The summed E-state index contributed by atoms with van der Waals surface area (Å²) in [5.74, 6) is -2.44. The maximum absolute atomic E-state index is 15.2. The molecule has 174 valence electrons. The van der Waals surface area contributed by atoms with Gasteiger partial charge in [-0.25, -0.2) is 23.5 Å². The highest BCUT2D eigenvalue weighted by atomic mass is 35.5. The first kappa shape index (κ1) is 24.9. The number of nitrogens with one attached hydrogen (secondary N) is 2. The first-order valence-electron chi connectivity index (χ1n) is 9.52. The quantitative estimate of drug-likeness (QED) is 0.142. The SMILES string of the molecule is C=CCOC(=O)Nc1cccc(C(=O)C(SC(=N)c2cncc(F)c2)c2ccnc(Cl)n2)c1F. The smallest absolute Gasteiger partial charge is 0.412 e. The van der Waals surface area contributed by atoms with E-state index < -0.39 is 28.8 Å². The van der Waals surface area contributed by atoms with Crippen molar-refractivity contribution in [3.63, 3.8) is 0 Å². The van der Waals surface area contributed by atoms with Crippen molar-refractivity contribution in [1.82, 2.24) is 15.0 Å². The Balaban J connectivity index is 1.96. The summed E-state index contributed by atoms with van der Waals surface area (Å²) in [6, 6.07) is 6.32. The molecule has 0 aliphatic carbocycles. The van der Waals surface area contributed by atoms with Gasteiger partial charge in [-0.1, -0.05) is 30.5 Å². The average molecular weight is 504 g/mol. The summed E-state index contributed by atoms with van der Waals surface area (Å²) in [6.07, 6.45) is 3.95. The Morgan fingerprint density at radius 1 is 1.29 bits per heavy atom. The van der Waals surface area contributed by atoms with Gasteiger partial charge in [0.25, 0.3) is 0 Å². The Morgan fingerprint density at radius 3 is 2.79 bits per heavy atom. The summed E-state index contributed by atoms with van der Waals surface area (Å²) < 4.78 is 33.5. The lowest BCUT2D eigenvalue weighted by atomic mass is 10.0. The maximum atomic E-state index is 15.2. The molecule has 0 fully saturated rings. The van der Waals surface area contributed by atoms with Gasteiger partial charge in [0.1, 0.15) is 17.7 Å². The van der Waals surface area contributed by atoms with Crippen LogP contribution in [0, 0.1) is 17.0 Å². The van der Waals surface area contributed by atoms with Crippen LogP contribution in [0.5, 0.6) is 0 Å². The predicted molar refractivity (Wildman–Crippen MR) is 124 cm³/mol. The lowest BCUT2D eigenvalue weighted by molar-refractivity contribution is 0.0984. The standard InChI is InChI=1S/C22H16ClF2N5O3S/c1-2-8-33-22(32)30-15-5-3-4-14(17(15)25)18(31)19(16-6-7-28-21(23)29-16)34-20(26)12-9-13(24)11-27-10-12/h2-7,9-11,19,26H,1,8H2,(H,30,32). The largest absolute Gasteiger partial charge is 0.445 e. The van der Waals surface area contributed by atoms with Gasteiger partial charge in [-0.2, -0.15) is 0 Å². The molecule has 0 spiro atoms. The summed E-state index contributed by atoms with van der Waals surface area (Å²) in [4.78, 5) is 36.7. The highest BCUT2D eigenvalue weighted by Gasteiger charge is 2.30. The molecule has 1 unspecified atom stereocenters. The van der Waals surface area contributed by atoms with Gasteiger partial charge < -0.3 is 4.74 Å². The van der Waals surface area contributed by atoms with Crippen LogP contribution in [0.15, 0.2) is 61.6 Å². The van der Waals surface area contributed by atoms with Gasteiger partial charge in [0.2, 0.25) is 5.28 Å². The first-order chi connectivity index (χ1) is 16.3. The molecule has 3 aromatic rings. The number of hydrogen-bond acceptors (Lipinski definition) is 8. The normalized spacial score (nSPS) is 11.4. The molecule has 2 N–H and O–H groups in total. The Kier molecular flexibility index (Phi) is 8.39. The first-order valence-corrected chi connectivity index (χ1v) is 10.8. The fourth-order valence-corrected chi connectivity index (χ4v) is 3.83. The van der Waals surface area contributed by atoms with Crippen molar-refractivity contribution in [3.05, 3.63) is 95.3 Å². The van der Waals surface area contributed by atoms with Crippen molar-refractivity contribution in [2.45, 2.75) is 5.25 Å². The van der Waals surface area contributed by atoms with E-state index in [2.05, 4.69) is 26.8 Å². The van der Waals surface area contributed by atoms with Crippen LogP contribution < -0.4 is 5.32 Å². The number of hydrogen-bond donors (Lipinski definition) is 2. The van der Waals surface area contributed by atoms with Gasteiger partial charge in [0.15, 0.2) is 11.6 Å². The van der Waals surface area contributed by atoms with Crippen molar-refractivity contribution in [2.24, 2.45) is 0 Å². The average Bonchev–Trinajstić information content (AvgIpc) is 2.82. The highest BCUT2D eigenvalue weighted by molar-refractivity contribution is 8.15. The van der Waals surface area contributed by atoms with Gasteiger partial charge >= 0.3 is 6.09 Å². The van der Waals surface area contributed by atoms with Crippen LogP contribution in [0.25, 0.3) is 0 Å². The van der Waals surface area contributed by atoms with Gasteiger partial charge in [-0.15, -0.1) is 0 Å². The van der Waals surface area contributed by atoms with Crippen LogP contribution in [0.3, 0.4) is 0 Å². The van der Waals surface area contributed by atoms with Crippen molar-refractivity contribution < 1.29 is 23.1 Å². The van der Waals surface area contributed by atoms with Crippen LogP contribution in [-0.4, -0.2) is 38.5 Å². The number of carbonyl (C=O) groups excluding carboxylic acids is 2. The zero-order valence-electron chi connectivity index (χ0n) is 17.3. The number of ketones is 1. The van der Waals surface area contributed by atoms with E-state index in [1.165, 1.54) is 42.7 Å². The van der Waals surface area contributed by atoms with E-state index in [9.17, 15) is 14.0 Å². The number of Topliss-reactive ketones (excluding diaryl/α,β-unsaturated/α-hetero) is 1. The zero-order valence-corrected chi connectivity index (χ0v) is 18.9. The second-order valence-corrected chi connectivity index (χ2v) is 7.97. The fourth-order valence-electron chi connectivity index (χ4n) is 2.70. The molecule has 0 aliphatic heterocycles. The highest BCUT2D eigenvalue weighted by Crippen LogP contribution is 2.35. The molecule has 1 aromatic carbocycles. The molecular formula is C22H16ClF2N5O3S. The Labute approximate surface area is 201 Å². The third kappa shape index (κ3) is 6.21. The van der Waals surface area contributed by atoms with Crippen LogP contribution in [0.1, 0.15) is 26.9 Å². The molecule has 1 atom stereocenters. The zero-order chi connectivity index (χ0) is 24.7. The number of rotatable bonds is 8. The van der Waals surface area contributed by atoms with E-state index in [0.717, 1.165) is 12.3 Å². The monoisotopic (exact) mass is 503 g/mol. The van der Waals surface area contributed by atoms with Crippen LogP contribution in [0.4, 0.5) is 19.3 Å². The molecule has 0 radical (unpaired) electrons. The van der Waals surface area contributed by atoms with E-state index in [0.29, 0.717) is 11.8 Å². The molecule has 3 rings (SSSR count). The number of anilines is 1. The number of thioether (sulfide) groups is 1. The Hall–Kier alpha value is -3.70. The number of amides is 1. The Bertz CT molecular complexity index is 1260. The van der Waals surface area contributed by atoms with Crippen LogP contribution >= 0.6 is 23.4 Å². The summed E-state index contributed by atoms with van der Waals surface area (Å²) in [5, 5.41) is 8.94. The molecule has 0 aliphatic rings. The van der Waals surface area contributed by atoms with Crippen LogP contribution in [-0.2, 0) is 4.74 Å². The summed E-state index contributed by atoms with van der Waals surface area (Å²) in [7, 11) is 0. The molecule has 0 saturated heterocycles. The predicted octanol–water partition coefficient (Wildman–Crippen LogP) is 5.22. The molecule has 2 aromatic heterocycles. The molecule has 34 heavy (non-hydrogen) atoms. The van der Waals surface area contributed by atoms with E-state index in [1.807, 2.05) is 0 Å². The second kappa shape index (κ2) is 11.4. The number of halogens is 3. The number of benzene rings is 1. The number of ether oxygens (including phenoxy) is 1. The fraction of sp³-hybridized carbons (Fsp3) is 0.0909. The van der Waals surface area contributed by atoms with Gasteiger partial charge in [-0.05, 0) is 35.9 Å². The minimum atomic E-state index is -1.24. The van der Waals surface area contributed by atoms with Gasteiger partial charge in [0, 0.05) is 18.0 Å². The Morgan fingerprint density at radius 2 is 2.09 bits per heavy atom. The van der Waals surface area contributed by atoms with Crippen molar-refractivity contribution in [2.75, 3.05) is 11.9 Å². The number of aromatic nitrogens is 3. The van der Waals surface area contributed by atoms with Crippen molar-refractivity contribution in [1.29, 1.82) is 5.41 Å².